The minimum Gasteiger partial charge on any atom is -0.438 e. The molecule has 0 aliphatic rings. The second-order valence-corrected chi connectivity index (χ2v) is 2.54. The van der Waals surface area contributed by atoms with E-state index < -0.39 is 0 Å². The summed E-state index contributed by atoms with van der Waals surface area (Å²) in [4.78, 5) is 4.09. The molecule has 0 amide bonds. The van der Waals surface area contributed by atoms with Gasteiger partial charge in [-0.05, 0) is 0 Å². The van der Waals surface area contributed by atoms with Crippen LogP contribution >= 0.6 is 0 Å². The van der Waals surface area contributed by atoms with E-state index in [0.29, 0.717) is 5.82 Å². The van der Waals surface area contributed by atoms with Gasteiger partial charge in [-0.25, -0.2) is 0 Å². The summed E-state index contributed by atoms with van der Waals surface area (Å²) in [6, 6.07) is 11.4. The molecule has 2 heterocycles. The van der Waals surface area contributed by atoms with E-state index in [2.05, 4.69) is 10.4 Å². The monoisotopic (exact) mass is 171 g/mol. The van der Waals surface area contributed by atoms with Crippen molar-refractivity contribution in [2.75, 3.05) is 0 Å². The number of aromatic nitrogens is 2. The lowest BCUT2D eigenvalue weighted by Gasteiger charge is -2.05. The minimum absolute atomic E-state index is 0.707. The van der Waals surface area contributed by atoms with E-state index >= 15 is 0 Å². The van der Waals surface area contributed by atoms with Crippen molar-refractivity contribution in [1.82, 2.24) is 4.98 Å². The summed E-state index contributed by atoms with van der Waals surface area (Å²) in [5.74, 6) is 0.707. The third kappa shape index (κ3) is 2.02. The first kappa shape index (κ1) is 7.73. The molecule has 3 nitrogen and oxygen atoms in total. The molecule has 3 heteroatoms. The average Bonchev–Trinajstić information content (AvgIpc) is 2.21. The number of nitrogens with zero attached hydrogens (tertiary/aromatic N) is 3. The van der Waals surface area contributed by atoms with Crippen molar-refractivity contribution < 1.29 is 4.68 Å². The molecule has 0 saturated carbocycles. The first-order valence-electron chi connectivity index (χ1n) is 4.04. The van der Waals surface area contributed by atoms with Crippen LogP contribution in [0.25, 0.3) is 5.43 Å². The van der Waals surface area contributed by atoms with Crippen LogP contribution in [0, 0.1) is 0 Å². The maximum Gasteiger partial charge on any atom is 0.182 e. The van der Waals surface area contributed by atoms with Gasteiger partial charge in [0.05, 0.1) is 0 Å². The first-order chi connectivity index (χ1) is 6.45. The normalized spacial score (nSPS) is 9.54. The molecule has 2 aromatic rings. The molecule has 0 saturated heterocycles. The van der Waals surface area contributed by atoms with Crippen LogP contribution in [0.4, 0.5) is 5.82 Å². The Hall–Kier alpha value is -1.90. The average molecular weight is 171 g/mol. The van der Waals surface area contributed by atoms with Gasteiger partial charge in [0.2, 0.25) is 0 Å². The van der Waals surface area contributed by atoms with Crippen LogP contribution in [0.15, 0.2) is 55.0 Å². The van der Waals surface area contributed by atoms with Crippen molar-refractivity contribution in [2.45, 2.75) is 0 Å². The van der Waals surface area contributed by atoms with Gasteiger partial charge in [0, 0.05) is 18.0 Å². The highest BCUT2D eigenvalue weighted by atomic mass is 15.4. The second kappa shape index (κ2) is 3.67. The van der Waals surface area contributed by atoms with Gasteiger partial charge in [0.1, 0.15) is 0 Å². The third-order valence-corrected chi connectivity index (χ3v) is 1.57. The van der Waals surface area contributed by atoms with Crippen molar-refractivity contribution >= 4 is 5.82 Å². The lowest BCUT2D eigenvalue weighted by atomic mass is 10.5. The maximum absolute atomic E-state index is 4.25. The molecule has 64 valence electrons. The van der Waals surface area contributed by atoms with Crippen LogP contribution in [-0.4, -0.2) is 4.98 Å². The fourth-order valence-electron chi connectivity index (χ4n) is 0.987. The number of hydrogen-bond donors (Lipinski definition) is 0. The molecule has 0 bridgehead atoms. The van der Waals surface area contributed by atoms with Gasteiger partial charge in [-0.3, -0.25) is 0 Å². The Labute approximate surface area is 76.7 Å². The van der Waals surface area contributed by atoms with Gasteiger partial charge in [0.25, 0.3) is 0 Å². The van der Waals surface area contributed by atoms with E-state index in [-0.39, 0.29) is 0 Å². The quantitative estimate of drug-likeness (QED) is 0.634. The van der Waals surface area contributed by atoms with Gasteiger partial charge in [-0.15, -0.1) is 0 Å². The summed E-state index contributed by atoms with van der Waals surface area (Å²) >= 11 is 0. The molecule has 0 atom stereocenters. The molecule has 0 N–H and O–H groups in total. The lowest BCUT2D eigenvalue weighted by Crippen LogP contribution is -2.26. The maximum atomic E-state index is 4.25. The van der Waals surface area contributed by atoms with Gasteiger partial charge >= 0.3 is 0 Å². The molecular weight excluding hydrogens is 162 g/mol. The molecule has 0 radical (unpaired) electrons. The van der Waals surface area contributed by atoms with Gasteiger partial charge in [-0.1, -0.05) is 30.5 Å². The van der Waals surface area contributed by atoms with Crippen molar-refractivity contribution in [3.63, 3.8) is 0 Å². The predicted molar refractivity (Wildman–Crippen MR) is 49.3 cm³/mol. The lowest BCUT2D eigenvalue weighted by molar-refractivity contribution is -0.619. The van der Waals surface area contributed by atoms with Gasteiger partial charge in [0.15, 0.2) is 12.4 Å². The highest BCUT2D eigenvalue weighted by molar-refractivity contribution is 5.34. The van der Waals surface area contributed by atoms with Crippen LogP contribution in [0.2, 0.25) is 0 Å². The van der Waals surface area contributed by atoms with E-state index in [1.165, 1.54) is 0 Å². The number of pyridine rings is 2. The second-order valence-electron chi connectivity index (χ2n) is 2.54. The largest absolute Gasteiger partial charge is 0.438 e. The van der Waals surface area contributed by atoms with Gasteiger partial charge < -0.3 is 4.98 Å². The summed E-state index contributed by atoms with van der Waals surface area (Å²) in [5.41, 5.74) is 4.25. The van der Waals surface area contributed by atoms with Gasteiger partial charge in [-0.2, -0.15) is 10.1 Å². The van der Waals surface area contributed by atoms with Crippen LogP contribution in [0.5, 0.6) is 0 Å². The first-order valence-corrected chi connectivity index (χ1v) is 4.04. The molecule has 2 aromatic heterocycles. The van der Waals surface area contributed by atoms with Crippen LogP contribution in [0.1, 0.15) is 0 Å². The highest BCUT2D eigenvalue weighted by Crippen LogP contribution is 2.07. The fraction of sp³-hybridized carbons (Fsp3) is 0. The summed E-state index contributed by atoms with van der Waals surface area (Å²) in [6.07, 6.45) is 5.46. The zero-order valence-corrected chi connectivity index (χ0v) is 7.04. The molecule has 0 aliphatic carbocycles. The molecular formula is C10H9N3. The standard InChI is InChI=1S/C10H9N3/c1-4-8-13(9-5-1)12-10-6-2-3-7-11-10/h1-9H. The van der Waals surface area contributed by atoms with E-state index in [0.717, 1.165) is 0 Å². The SMILES string of the molecule is c1cc[n+]([N-]c2ccccn2)cc1. The molecule has 13 heavy (non-hydrogen) atoms. The molecule has 0 fully saturated rings. The Kier molecular flexibility index (Phi) is 2.18. The molecule has 0 aromatic carbocycles. The smallest absolute Gasteiger partial charge is 0.182 e. The third-order valence-electron chi connectivity index (χ3n) is 1.57. The Morgan fingerprint density at radius 3 is 2.54 bits per heavy atom. The summed E-state index contributed by atoms with van der Waals surface area (Å²) in [5, 5.41) is 0. The molecule has 0 unspecified atom stereocenters. The zero-order chi connectivity index (χ0) is 8.93. The van der Waals surface area contributed by atoms with E-state index in [4.69, 9.17) is 0 Å². The molecule has 0 spiro atoms. The minimum atomic E-state index is 0.707. The fourth-order valence-corrected chi connectivity index (χ4v) is 0.987. The van der Waals surface area contributed by atoms with Crippen LogP contribution in [0.3, 0.4) is 0 Å². The van der Waals surface area contributed by atoms with Crippen LogP contribution in [-0.2, 0) is 0 Å². The summed E-state index contributed by atoms with van der Waals surface area (Å²) in [7, 11) is 0. The van der Waals surface area contributed by atoms with Crippen molar-refractivity contribution in [2.24, 2.45) is 0 Å². The Morgan fingerprint density at radius 1 is 1.00 bits per heavy atom. The van der Waals surface area contributed by atoms with E-state index in [1.54, 1.807) is 10.9 Å². The van der Waals surface area contributed by atoms with Crippen LogP contribution < -0.4 is 4.68 Å². The van der Waals surface area contributed by atoms with Crippen molar-refractivity contribution in [1.29, 1.82) is 0 Å². The number of rotatable bonds is 2. The van der Waals surface area contributed by atoms with Crippen molar-refractivity contribution in [3.05, 3.63) is 60.4 Å². The summed E-state index contributed by atoms with van der Waals surface area (Å²) < 4.78 is 1.72. The Bertz CT molecular complexity index is 321. The topological polar surface area (TPSA) is 30.9 Å². The Morgan fingerprint density at radius 2 is 1.85 bits per heavy atom. The number of hydrogen-bond acceptors (Lipinski definition) is 1. The molecule has 2 rings (SSSR count). The van der Waals surface area contributed by atoms with E-state index in [9.17, 15) is 0 Å². The molecule has 0 aliphatic heterocycles. The predicted octanol–water partition coefficient (Wildman–Crippen LogP) is 1.84. The van der Waals surface area contributed by atoms with E-state index in [1.807, 2.05) is 48.8 Å². The summed E-state index contributed by atoms with van der Waals surface area (Å²) in [6.45, 7) is 0. The highest BCUT2D eigenvalue weighted by Gasteiger charge is 1.90. The zero-order valence-electron chi connectivity index (χ0n) is 7.04. The Balaban J connectivity index is 2.16. The van der Waals surface area contributed by atoms with Crippen molar-refractivity contribution in [3.8, 4) is 0 Å².